The highest BCUT2D eigenvalue weighted by atomic mass is 19.1. The number of oxime groups is 1. The molecule has 0 radical (unpaired) electrons. The lowest BCUT2D eigenvalue weighted by atomic mass is 10.1. The lowest BCUT2D eigenvalue weighted by Crippen LogP contribution is -2.54. The fourth-order valence-electron chi connectivity index (χ4n) is 2.14. The summed E-state index contributed by atoms with van der Waals surface area (Å²) in [4.78, 5) is 4.28. The summed E-state index contributed by atoms with van der Waals surface area (Å²) in [6.07, 6.45) is 0.818. The van der Waals surface area contributed by atoms with Gasteiger partial charge in [0.2, 0.25) is 0 Å². The van der Waals surface area contributed by atoms with Gasteiger partial charge in [-0.1, -0.05) is 12.1 Å². The maximum absolute atomic E-state index is 12.2. The maximum Gasteiger partial charge on any atom is 0.156 e. The van der Waals surface area contributed by atoms with Crippen molar-refractivity contribution in [3.05, 3.63) is 0 Å². The highest BCUT2D eigenvalue weighted by molar-refractivity contribution is 5.85. The number of nitrogens with two attached hydrogens (primary N) is 1. The fraction of sp³-hybridized carbons (Fsp3) is 0.900. The monoisotopic (exact) mass is 232 g/mol. The average molecular weight is 232 g/mol. The van der Waals surface area contributed by atoms with E-state index >= 15 is 0 Å². The first-order valence-corrected chi connectivity index (χ1v) is 5.72. The maximum atomic E-state index is 12.2. The Bertz CT molecular complexity index is 229. The second-order valence-electron chi connectivity index (χ2n) is 4.02. The van der Waals surface area contributed by atoms with Gasteiger partial charge in [-0.15, -0.1) is 0 Å². The molecule has 1 aliphatic heterocycles. The number of halogens is 1. The molecule has 1 atom stereocenters. The minimum Gasteiger partial charge on any atom is -0.409 e. The van der Waals surface area contributed by atoms with Gasteiger partial charge in [0.05, 0.1) is 6.04 Å². The zero-order chi connectivity index (χ0) is 12.0. The number of piperazine rings is 1. The minimum absolute atomic E-state index is 0.00229. The summed E-state index contributed by atoms with van der Waals surface area (Å²) < 4.78 is 12.2. The third-order valence-electron chi connectivity index (χ3n) is 3.09. The highest BCUT2D eigenvalue weighted by Crippen LogP contribution is 2.09. The topological polar surface area (TPSA) is 65.1 Å². The Hall–Kier alpha value is -0.880. The van der Waals surface area contributed by atoms with Crippen LogP contribution in [0.3, 0.4) is 0 Å². The van der Waals surface area contributed by atoms with E-state index in [0.29, 0.717) is 6.54 Å². The molecule has 1 unspecified atom stereocenters. The van der Waals surface area contributed by atoms with Crippen LogP contribution in [0.25, 0.3) is 0 Å². The van der Waals surface area contributed by atoms with Crippen molar-refractivity contribution in [3.8, 4) is 0 Å². The van der Waals surface area contributed by atoms with Crippen molar-refractivity contribution in [2.24, 2.45) is 10.9 Å². The van der Waals surface area contributed by atoms with Crippen molar-refractivity contribution >= 4 is 5.84 Å². The molecule has 1 aliphatic rings. The Kier molecular flexibility index (Phi) is 5.48. The second kappa shape index (κ2) is 6.65. The number of rotatable bonds is 5. The quantitative estimate of drug-likeness (QED) is 0.305. The third kappa shape index (κ3) is 3.31. The Morgan fingerprint density at radius 3 is 2.50 bits per heavy atom. The van der Waals surface area contributed by atoms with Gasteiger partial charge in [-0.3, -0.25) is 9.80 Å². The third-order valence-corrected chi connectivity index (χ3v) is 3.09. The fourth-order valence-corrected chi connectivity index (χ4v) is 2.14. The van der Waals surface area contributed by atoms with Gasteiger partial charge in [-0.25, -0.2) is 4.39 Å². The lowest BCUT2D eigenvalue weighted by molar-refractivity contribution is 0.109. The second-order valence-corrected chi connectivity index (χ2v) is 4.02. The van der Waals surface area contributed by atoms with Crippen LogP contribution in [0.1, 0.15) is 13.3 Å². The Morgan fingerprint density at radius 2 is 2.06 bits per heavy atom. The summed E-state index contributed by atoms with van der Waals surface area (Å²) in [5.74, 6) is 0.265. The van der Waals surface area contributed by atoms with Crippen molar-refractivity contribution < 1.29 is 9.60 Å². The van der Waals surface area contributed by atoms with Crippen molar-refractivity contribution in [2.45, 2.75) is 19.4 Å². The number of nitrogens with zero attached hydrogens (tertiary/aromatic N) is 3. The van der Waals surface area contributed by atoms with Crippen LogP contribution in [0.15, 0.2) is 5.16 Å². The molecule has 1 heterocycles. The van der Waals surface area contributed by atoms with Crippen LogP contribution in [0.5, 0.6) is 0 Å². The molecule has 16 heavy (non-hydrogen) atoms. The van der Waals surface area contributed by atoms with Gasteiger partial charge < -0.3 is 10.9 Å². The molecule has 1 fully saturated rings. The van der Waals surface area contributed by atoms with Gasteiger partial charge >= 0.3 is 0 Å². The molecule has 3 N–H and O–H groups in total. The average Bonchev–Trinajstić information content (AvgIpc) is 2.32. The van der Waals surface area contributed by atoms with E-state index in [-0.39, 0.29) is 18.6 Å². The molecule has 0 bridgehead atoms. The van der Waals surface area contributed by atoms with Gasteiger partial charge in [0.1, 0.15) is 6.67 Å². The van der Waals surface area contributed by atoms with Crippen molar-refractivity contribution in [3.63, 3.8) is 0 Å². The first-order chi connectivity index (χ1) is 7.72. The summed E-state index contributed by atoms with van der Waals surface area (Å²) in [6, 6.07) is -0.00229. The normalized spacial score (nSPS) is 22.2. The first kappa shape index (κ1) is 13.2. The molecule has 0 aliphatic carbocycles. The van der Waals surface area contributed by atoms with Gasteiger partial charge in [-0.2, -0.15) is 0 Å². The molecular formula is C10H21FN4O. The van der Waals surface area contributed by atoms with Crippen LogP contribution >= 0.6 is 0 Å². The van der Waals surface area contributed by atoms with Crippen molar-refractivity contribution in [1.82, 2.24) is 9.80 Å². The van der Waals surface area contributed by atoms with Crippen LogP contribution in [0, 0.1) is 0 Å². The molecule has 0 aromatic heterocycles. The van der Waals surface area contributed by atoms with Gasteiger partial charge in [0, 0.05) is 32.7 Å². The van der Waals surface area contributed by atoms with E-state index in [0.717, 1.165) is 32.6 Å². The van der Waals surface area contributed by atoms with Crippen LogP contribution < -0.4 is 5.73 Å². The van der Waals surface area contributed by atoms with E-state index in [2.05, 4.69) is 15.0 Å². The van der Waals surface area contributed by atoms with Crippen LogP contribution in [0.4, 0.5) is 4.39 Å². The van der Waals surface area contributed by atoms with E-state index in [1.165, 1.54) is 0 Å². The Morgan fingerprint density at radius 1 is 1.44 bits per heavy atom. The van der Waals surface area contributed by atoms with Crippen LogP contribution in [0.2, 0.25) is 0 Å². The van der Waals surface area contributed by atoms with E-state index in [1.807, 2.05) is 6.92 Å². The smallest absolute Gasteiger partial charge is 0.156 e. The van der Waals surface area contributed by atoms with Crippen molar-refractivity contribution in [1.29, 1.82) is 0 Å². The van der Waals surface area contributed by atoms with Gasteiger partial charge in [0.15, 0.2) is 5.84 Å². The standard InChI is InChI=1S/C10H21FN4O/c1-2-9(10(12)13-16)15-7-5-14(4-3-11)6-8-15/h9,16H,2-8H2,1H3,(H2,12,13). The molecule has 0 aromatic carbocycles. The Labute approximate surface area is 95.7 Å². The molecule has 94 valence electrons. The SMILES string of the molecule is CCC(C(N)=NO)N1CCN(CCF)CC1. The zero-order valence-corrected chi connectivity index (χ0v) is 9.77. The van der Waals surface area contributed by atoms with Crippen LogP contribution in [-0.4, -0.2) is 66.3 Å². The molecular weight excluding hydrogens is 211 g/mol. The molecule has 0 saturated carbocycles. The van der Waals surface area contributed by atoms with Gasteiger partial charge in [-0.05, 0) is 6.42 Å². The number of alkyl halides is 1. The predicted octanol–water partition coefficient (Wildman–Crippen LogP) is 0.0985. The molecule has 1 rings (SSSR count). The lowest BCUT2D eigenvalue weighted by Gasteiger charge is -2.38. The molecule has 1 saturated heterocycles. The minimum atomic E-state index is -0.294. The molecule has 5 nitrogen and oxygen atoms in total. The summed E-state index contributed by atoms with van der Waals surface area (Å²) in [5.41, 5.74) is 5.64. The van der Waals surface area contributed by atoms with Gasteiger partial charge in [0.25, 0.3) is 0 Å². The number of amidine groups is 1. The summed E-state index contributed by atoms with van der Waals surface area (Å²) in [5, 5.41) is 11.7. The predicted molar refractivity (Wildman–Crippen MR) is 61.5 cm³/mol. The summed E-state index contributed by atoms with van der Waals surface area (Å²) in [7, 11) is 0. The first-order valence-electron chi connectivity index (χ1n) is 5.72. The molecule has 0 amide bonds. The number of hydrogen-bond donors (Lipinski definition) is 2. The van der Waals surface area contributed by atoms with E-state index < -0.39 is 0 Å². The van der Waals surface area contributed by atoms with E-state index in [4.69, 9.17) is 10.9 Å². The summed E-state index contributed by atoms with van der Waals surface area (Å²) in [6.45, 7) is 5.60. The van der Waals surface area contributed by atoms with E-state index in [1.54, 1.807) is 0 Å². The van der Waals surface area contributed by atoms with Crippen molar-refractivity contribution in [2.75, 3.05) is 39.4 Å². The Balaban J connectivity index is 2.45. The largest absolute Gasteiger partial charge is 0.409 e. The van der Waals surface area contributed by atoms with Crippen LogP contribution in [-0.2, 0) is 0 Å². The summed E-state index contributed by atoms with van der Waals surface area (Å²) >= 11 is 0. The zero-order valence-electron chi connectivity index (χ0n) is 9.77. The number of hydrogen-bond acceptors (Lipinski definition) is 4. The molecule has 6 heteroatoms. The highest BCUT2D eigenvalue weighted by Gasteiger charge is 2.25. The molecule has 0 spiro atoms. The molecule has 0 aromatic rings. The van der Waals surface area contributed by atoms with E-state index in [9.17, 15) is 4.39 Å².